The molecule has 0 saturated heterocycles. The van der Waals surface area contributed by atoms with Gasteiger partial charge in [0.05, 0.1) is 20.8 Å². The van der Waals surface area contributed by atoms with Crippen LogP contribution in [0, 0.1) is 0 Å². The van der Waals surface area contributed by atoms with E-state index in [4.69, 9.17) is 0 Å². The summed E-state index contributed by atoms with van der Waals surface area (Å²) >= 11 is 1.60. The van der Waals surface area contributed by atoms with Crippen LogP contribution in [-0.4, -0.2) is 30.3 Å². The quantitative estimate of drug-likeness (QED) is 0.423. The minimum Gasteiger partial charge on any atom is -0.337 e. The summed E-state index contributed by atoms with van der Waals surface area (Å²) in [7, 11) is -3.62. The topological polar surface area (TPSA) is 104 Å². The third kappa shape index (κ3) is 3.87. The molecule has 1 aliphatic carbocycles. The number of H-pyrrole nitrogens is 1. The Morgan fingerprint density at radius 1 is 1.10 bits per heavy atom. The van der Waals surface area contributed by atoms with Crippen molar-refractivity contribution in [2.24, 2.45) is 0 Å². The van der Waals surface area contributed by atoms with Gasteiger partial charge >= 0.3 is 0 Å². The molecular formula is C21H18N4O3S2. The maximum absolute atomic E-state index is 12.7. The molecule has 0 aliphatic heterocycles. The van der Waals surface area contributed by atoms with Gasteiger partial charge in [-0.25, -0.2) is 18.1 Å². The van der Waals surface area contributed by atoms with Crippen molar-refractivity contribution in [2.75, 3.05) is 5.32 Å². The number of sulfonamides is 1. The second-order valence-corrected chi connectivity index (χ2v) is 9.83. The Hall–Kier alpha value is -3.01. The number of hydrogen-bond acceptors (Lipinski definition) is 5. The zero-order valence-electron chi connectivity index (χ0n) is 15.8. The molecule has 2 heterocycles. The maximum atomic E-state index is 12.7. The third-order valence-electron chi connectivity index (χ3n) is 4.80. The number of hydrogen-bond donors (Lipinski definition) is 3. The highest BCUT2D eigenvalue weighted by molar-refractivity contribution is 7.89. The van der Waals surface area contributed by atoms with Gasteiger partial charge in [0.15, 0.2) is 0 Å². The van der Waals surface area contributed by atoms with Crippen molar-refractivity contribution in [3.8, 4) is 10.7 Å². The molecule has 152 valence electrons. The van der Waals surface area contributed by atoms with E-state index in [0.29, 0.717) is 5.69 Å². The SMILES string of the molecule is O=C(Nc1ccc2nc(-c3cccs3)[nH]c2c1)c1cccc(S(=O)(=O)NC2CC2)c1. The highest BCUT2D eigenvalue weighted by atomic mass is 32.2. The van der Waals surface area contributed by atoms with Crippen molar-refractivity contribution >= 4 is 44.0 Å². The standard InChI is InChI=1S/C21H18N4O3S2/c26-21(13-3-1-4-16(11-13)30(27,28)25-14-6-7-14)22-15-8-9-17-18(12-15)24-20(23-17)19-5-2-10-29-19/h1-5,8-12,14,25H,6-7H2,(H,22,26)(H,23,24). The van der Waals surface area contributed by atoms with E-state index in [9.17, 15) is 13.2 Å². The number of aromatic nitrogens is 2. The molecule has 3 N–H and O–H groups in total. The molecule has 2 aromatic heterocycles. The number of thiophene rings is 1. The molecule has 0 atom stereocenters. The molecule has 5 rings (SSSR count). The van der Waals surface area contributed by atoms with Crippen molar-refractivity contribution < 1.29 is 13.2 Å². The molecule has 1 saturated carbocycles. The van der Waals surface area contributed by atoms with Crippen molar-refractivity contribution in [2.45, 2.75) is 23.8 Å². The molecule has 0 unspecified atom stereocenters. The van der Waals surface area contributed by atoms with Crippen LogP contribution in [0.15, 0.2) is 64.9 Å². The van der Waals surface area contributed by atoms with Gasteiger partial charge in [-0.1, -0.05) is 12.1 Å². The molecule has 1 fully saturated rings. The van der Waals surface area contributed by atoms with Crippen LogP contribution in [0.4, 0.5) is 5.69 Å². The predicted octanol–water partition coefficient (Wildman–Crippen LogP) is 3.98. The largest absolute Gasteiger partial charge is 0.337 e. The Labute approximate surface area is 177 Å². The number of amides is 1. The summed E-state index contributed by atoms with van der Waals surface area (Å²) in [6.45, 7) is 0. The molecular weight excluding hydrogens is 420 g/mol. The second-order valence-electron chi connectivity index (χ2n) is 7.17. The number of benzene rings is 2. The van der Waals surface area contributed by atoms with Crippen LogP contribution in [0.5, 0.6) is 0 Å². The van der Waals surface area contributed by atoms with Gasteiger partial charge in [-0.15, -0.1) is 11.3 Å². The number of carbonyl (C=O) groups excluding carboxylic acids is 1. The number of aromatic amines is 1. The van der Waals surface area contributed by atoms with Crippen molar-refractivity contribution in [1.82, 2.24) is 14.7 Å². The fourth-order valence-corrected chi connectivity index (χ4v) is 5.13. The molecule has 0 spiro atoms. The zero-order valence-corrected chi connectivity index (χ0v) is 17.4. The number of nitrogens with zero attached hydrogens (tertiary/aromatic N) is 1. The molecule has 4 aromatic rings. The van der Waals surface area contributed by atoms with Crippen LogP contribution in [0.1, 0.15) is 23.2 Å². The average molecular weight is 439 g/mol. The van der Waals surface area contributed by atoms with E-state index in [1.165, 1.54) is 12.1 Å². The summed E-state index contributed by atoms with van der Waals surface area (Å²) in [6, 6.07) is 15.4. The van der Waals surface area contributed by atoms with Gasteiger partial charge < -0.3 is 10.3 Å². The van der Waals surface area contributed by atoms with E-state index in [1.807, 2.05) is 29.6 Å². The second kappa shape index (κ2) is 7.35. The summed E-state index contributed by atoms with van der Waals surface area (Å²) in [5, 5.41) is 4.82. The fraction of sp³-hybridized carbons (Fsp3) is 0.143. The van der Waals surface area contributed by atoms with E-state index in [1.54, 1.807) is 29.5 Å². The van der Waals surface area contributed by atoms with E-state index >= 15 is 0 Å². The van der Waals surface area contributed by atoms with E-state index < -0.39 is 10.0 Å². The number of rotatable bonds is 6. The van der Waals surface area contributed by atoms with Crippen LogP contribution in [0.25, 0.3) is 21.7 Å². The average Bonchev–Trinajstić information content (AvgIpc) is 3.20. The first kappa shape index (κ1) is 19.0. The Morgan fingerprint density at radius 2 is 1.97 bits per heavy atom. The number of nitrogens with one attached hydrogen (secondary N) is 3. The lowest BCUT2D eigenvalue weighted by atomic mass is 10.2. The van der Waals surface area contributed by atoms with Gasteiger partial charge in [0.2, 0.25) is 10.0 Å². The van der Waals surface area contributed by atoms with E-state index in [0.717, 1.165) is 34.6 Å². The highest BCUT2D eigenvalue weighted by Gasteiger charge is 2.28. The van der Waals surface area contributed by atoms with Gasteiger partial charge in [0, 0.05) is 17.3 Å². The van der Waals surface area contributed by atoms with Gasteiger partial charge in [0.25, 0.3) is 5.91 Å². The highest BCUT2D eigenvalue weighted by Crippen LogP contribution is 2.26. The lowest BCUT2D eigenvalue weighted by Gasteiger charge is -2.08. The first-order chi connectivity index (χ1) is 14.5. The van der Waals surface area contributed by atoms with Crippen molar-refractivity contribution in [3.63, 3.8) is 0 Å². The number of carbonyl (C=O) groups is 1. The maximum Gasteiger partial charge on any atom is 0.255 e. The zero-order chi connectivity index (χ0) is 20.7. The van der Waals surface area contributed by atoms with Crippen LogP contribution in [0.3, 0.4) is 0 Å². The minimum atomic E-state index is -3.62. The Balaban J connectivity index is 1.37. The summed E-state index contributed by atoms with van der Waals surface area (Å²) < 4.78 is 27.4. The monoisotopic (exact) mass is 438 g/mol. The van der Waals surface area contributed by atoms with Crippen LogP contribution < -0.4 is 10.0 Å². The van der Waals surface area contributed by atoms with Gasteiger partial charge in [-0.05, 0) is 60.7 Å². The normalized spacial score (nSPS) is 14.1. The van der Waals surface area contributed by atoms with Crippen LogP contribution >= 0.6 is 11.3 Å². The van der Waals surface area contributed by atoms with Gasteiger partial charge in [-0.3, -0.25) is 4.79 Å². The molecule has 1 amide bonds. The van der Waals surface area contributed by atoms with Crippen molar-refractivity contribution in [3.05, 3.63) is 65.5 Å². The Morgan fingerprint density at radius 3 is 2.73 bits per heavy atom. The molecule has 2 aromatic carbocycles. The number of fused-ring (bicyclic) bond motifs is 1. The third-order valence-corrected chi connectivity index (χ3v) is 7.19. The van der Waals surface area contributed by atoms with Gasteiger partial charge in [-0.2, -0.15) is 0 Å². The predicted molar refractivity (Wildman–Crippen MR) is 117 cm³/mol. The number of imidazole rings is 1. The molecule has 1 aliphatic rings. The molecule has 9 heteroatoms. The van der Waals surface area contributed by atoms with Gasteiger partial charge in [0.1, 0.15) is 5.82 Å². The number of anilines is 1. The first-order valence-corrected chi connectivity index (χ1v) is 11.8. The van der Waals surface area contributed by atoms with E-state index in [2.05, 4.69) is 20.0 Å². The molecule has 7 nitrogen and oxygen atoms in total. The van der Waals surface area contributed by atoms with E-state index in [-0.39, 0.29) is 22.4 Å². The summed E-state index contributed by atoms with van der Waals surface area (Å²) in [6.07, 6.45) is 1.70. The lowest BCUT2D eigenvalue weighted by Crippen LogP contribution is -2.26. The molecule has 0 bridgehead atoms. The summed E-state index contributed by atoms with van der Waals surface area (Å²) in [4.78, 5) is 21.7. The lowest BCUT2D eigenvalue weighted by molar-refractivity contribution is 0.102. The Bertz CT molecular complexity index is 1340. The molecule has 30 heavy (non-hydrogen) atoms. The molecule has 0 radical (unpaired) electrons. The Kier molecular flexibility index (Phi) is 4.65. The summed E-state index contributed by atoms with van der Waals surface area (Å²) in [5.41, 5.74) is 2.48. The minimum absolute atomic E-state index is 0.00711. The van der Waals surface area contributed by atoms with Crippen molar-refractivity contribution in [1.29, 1.82) is 0 Å². The van der Waals surface area contributed by atoms with Crippen LogP contribution in [0.2, 0.25) is 0 Å². The fourth-order valence-electron chi connectivity index (χ4n) is 3.11. The first-order valence-electron chi connectivity index (χ1n) is 9.45. The summed E-state index contributed by atoms with van der Waals surface area (Å²) in [5.74, 6) is 0.403. The smallest absolute Gasteiger partial charge is 0.255 e. The van der Waals surface area contributed by atoms with Crippen LogP contribution in [-0.2, 0) is 10.0 Å².